The molecular formula is C45H35F2IrN3-2. The monoisotopic (exact) mass is 848 g/mol. The Morgan fingerprint density at radius 2 is 1.59 bits per heavy atom. The molecule has 3 nitrogen and oxygen atoms in total. The van der Waals surface area contributed by atoms with Crippen LogP contribution in [0.3, 0.4) is 0 Å². The molecule has 6 heteroatoms. The Kier molecular flexibility index (Phi) is 9.03. The van der Waals surface area contributed by atoms with Crippen LogP contribution in [0.5, 0.6) is 0 Å². The Labute approximate surface area is 310 Å². The molecule has 3 aromatic heterocycles. The summed E-state index contributed by atoms with van der Waals surface area (Å²) >= 11 is 0. The fourth-order valence-electron chi connectivity index (χ4n) is 7.00. The molecule has 1 aliphatic rings. The third kappa shape index (κ3) is 6.11. The minimum atomic E-state index is -3.27. The van der Waals surface area contributed by atoms with Crippen LogP contribution >= 0.6 is 0 Å². The van der Waals surface area contributed by atoms with Gasteiger partial charge in [0.2, 0.25) is 0 Å². The van der Waals surface area contributed by atoms with Crippen LogP contribution in [0.25, 0.3) is 65.7 Å². The fraction of sp³-hybridized carbons (Fsp3) is 0.178. The maximum absolute atomic E-state index is 16.2. The molecule has 1 aliphatic carbocycles. The van der Waals surface area contributed by atoms with Gasteiger partial charge in [-0.1, -0.05) is 91.9 Å². The minimum absolute atomic E-state index is 0. The van der Waals surface area contributed by atoms with Gasteiger partial charge in [-0.25, -0.2) is 8.78 Å². The van der Waals surface area contributed by atoms with Gasteiger partial charge in [-0.2, -0.15) is 0 Å². The number of aryl methyl sites for hydroxylation is 3. The van der Waals surface area contributed by atoms with Crippen molar-refractivity contribution in [2.75, 3.05) is 0 Å². The molecule has 8 aromatic rings. The predicted octanol–water partition coefficient (Wildman–Crippen LogP) is 11.7. The van der Waals surface area contributed by atoms with Crippen molar-refractivity contribution in [2.24, 2.45) is 5.92 Å². The quantitative estimate of drug-likeness (QED) is 0.131. The van der Waals surface area contributed by atoms with Crippen molar-refractivity contribution in [1.82, 2.24) is 15.0 Å². The number of hydrogen-bond acceptors (Lipinski definition) is 3. The molecule has 0 fully saturated rings. The normalized spacial score (nSPS) is 12.9. The van der Waals surface area contributed by atoms with Crippen LogP contribution in [-0.2, 0) is 32.4 Å². The SMILES string of the molecule is CC(C)Cc1ccc2ccc3c4ccnc5c4c(cc3c2c1)C(F)(F)c1nc2ccccc2[c-]c1-5.Cc1c[c-]c(-c2cc(C)c(C)cn2)cc1.[Ir]. The topological polar surface area (TPSA) is 38.7 Å². The van der Waals surface area contributed by atoms with Crippen molar-refractivity contribution in [1.29, 1.82) is 0 Å². The Morgan fingerprint density at radius 3 is 2.35 bits per heavy atom. The zero-order valence-corrected chi connectivity index (χ0v) is 31.4. The van der Waals surface area contributed by atoms with Gasteiger partial charge in [-0.3, -0.25) is 4.98 Å². The van der Waals surface area contributed by atoms with E-state index >= 15 is 8.78 Å². The minimum Gasteiger partial charge on any atom is -0.323 e. The maximum atomic E-state index is 16.2. The van der Waals surface area contributed by atoms with E-state index in [-0.39, 0.29) is 36.9 Å². The average molecular weight is 848 g/mol. The van der Waals surface area contributed by atoms with Crippen LogP contribution in [0.4, 0.5) is 8.78 Å². The van der Waals surface area contributed by atoms with Gasteiger partial charge in [-0.15, -0.1) is 47.5 Å². The zero-order chi connectivity index (χ0) is 34.7. The first-order chi connectivity index (χ1) is 24.1. The molecule has 0 saturated heterocycles. The van der Waals surface area contributed by atoms with Gasteiger partial charge in [0.25, 0.3) is 5.92 Å². The number of nitrogens with zero attached hydrogens (tertiary/aromatic N) is 3. The first-order valence-corrected chi connectivity index (χ1v) is 17.0. The summed E-state index contributed by atoms with van der Waals surface area (Å²) in [6.07, 6.45) is 4.56. The molecule has 0 atom stereocenters. The van der Waals surface area contributed by atoms with Crippen LogP contribution < -0.4 is 0 Å². The summed E-state index contributed by atoms with van der Waals surface area (Å²) in [5, 5.41) is 5.80. The van der Waals surface area contributed by atoms with E-state index in [0.29, 0.717) is 27.9 Å². The Morgan fingerprint density at radius 1 is 0.784 bits per heavy atom. The maximum Gasteiger partial charge on any atom is 0.289 e. The van der Waals surface area contributed by atoms with Crippen LogP contribution in [0.2, 0.25) is 0 Å². The number of benzene rings is 5. The summed E-state index contributed by atoms with van der Waals surface area (Å²) in [5.74, 6) is -2.76. The van der Waals surface area contributed by atoms with Gasteiger partial charge < -0.3 is 9.97 Å². The van der Waals surface area contributed by atoms with E-state index in [1.165, 1.54) is 22.3 Å². The Balaban J connectivity index is 0.000000214. The Hall–Kier alpha value is -4.90. The number of aromatic nitrogens is 3. The van der Waals surface area contributed by atoms with Gasteiger partial charge in [-0.05, 0) is 93.0 Å². The Bertz CT molecular complexity index is 2610. The van der Waals surface area contributed by atoms with Gasteiger partial charge >= 0.3 is 0 Å². The largest absolute Gasteiger partial charge is 0.323 e. The molecular weight excluding hydrogens is 813 g/mol. The molecule has 1 radical (unpaired) electrons. The second-order valence-corrected chi connectivity index (χ2v) is 13.8. The molecule has 255 valence electrons. The van der Waals surface area contributed by atoms with Crippen LogP contribution in [-0.4, -0.2) is 15.0 Å². The first kappa shape index (κ1) is 34.5. The van der Waals surface area contributed by atoms with Gasteiger partial charge in [0.05, 0.1) is 0 Å². The molecule has 0 N–H and O–H groups in total. The van der Waals surface area contributed by atoms with Crippen LogP contribution in [0, 0.1) is 38.8 Å². The smallest absolute Gasteiger partial charge is 0.289 e. The van der Waals surface area contributed by atoms with Crippen molar-refractivity contribution < 1.29 is 28.9 Å². The van der Waals surface area contributed by atoms with E-state index in [1.54, 1.807) is 24.4 Å². The standard InChI is InChI=1S/C31H21F2N2.C14H14N.Ir/c1-17(2)13-18-7-8-19-9-10-21-22-11-12-34-29-25-15-20-5-3-4-6-27(20)35-30(25)31(32,33)26(28(22)29)16-24(21)23(19)14-18;1-10-4-6-13(7-5-10)14-8-11(2)12(3)9-15-14;/h3-12,14,16-17H,13H2,1-2H3;4-6,8-9H,1-3H3;/q2*-1;. The second kappa shape index (κ2) is 13.3. The molecule has 0 amide bonds. The van der Waals surface area contributed by atoms with Gasteiger partial charge in [0.15, 0.2) is 0 Å². The third-order valence-electron chi connectivity index (χ3n) is 9.69. The summed E-state index contributed by atoms with van der Waals surface area (Å²) < 4.78 is 32.5. The number of pyridine rings is 3. The second-order valence-electron chi connectivity index (χ2n) is 13.8. The number of alkyl halides is 2. The van der Waals surface area contributed by atoms with Crippen molar-refractivity contribution in [3.8, 4) is 22.5 Å². The van der Waals surface area contributed by atoms with Gasteiger partial charge in [0.1, 0.15) is 0 Å². The molecule has 9 rings (SSSR count). The van der Waals surface area contributed by atoms with Crippen molar-refractivity contribution in [2.45, 2.75) is 47.0 Å². The van der Waals surface area contributed by atoms with Crippen LogP contribution in [0.15, 0.2) is 103 Å². The molecule has 0 saturated carbocycles. The number of rotatable bonds is 3. The summed E-state index contributed by atoms with van der Waals surface area (Å²) in [5.41, 5.74) is 8.00. The summed E-state index contributed by atoms with van der Waals surface area (Å²) in [7, 11) is 0. The zero-order valence-electron chi connectivity index (χ0n) is 29.0. The number of hydrogen-bond donors (Lipinski definition) is 0. The first-order valence-electron chi connectivity index (χ1n) is 17.0. The average Bonchev–Trinajstić information content (AvgIpc) is 3.11. The van der Waals surface area contributed by atoms with Gasteiger partial charge in [0, 0.05) is 49.5 Å². The number of fused-ring (bicyclic) bond motifs is 7. The number of para-hydroxylation sites is 1. The summed E-state index contributed by atoms with van der Waals surface area (Å²) in [6, 6.07) is 36.0. The van der Waals surface area contributed by atoms with Crippen molar-refractivity contribution >= 4 is 43.2 Å². The van der Waals surface area contributed by atoms with E-state index in [4.69, 9.17) is 0 Å². The van der Waals surface area contributed by atoms with Crippen LogP contribution in [0.1, 0.15) is 47.4 Å². The summed E-state index contributed by atoms with van der Waals surface area (Å²) in [4.78, 5) is 13.4. The molecule has 51 heavy (non-hydrogen) atoms. The third-order valence-corrected chi connectivity index (χ3v) is 9.69. The molecule has 0 bridgehead atoms. The van der Waals surface area contributed by atoms with E-state index in [0.717, 1.165) is 44.6 Å². The van der Waals surface area contributed by atoms with Crippen molar-refractivity contribution in [3.05, 3.63) is 149 Å². The number of halogens is 2. The summed E-state index contributed by atoms with van der Waals surface area (Å²) in [6.45, 7) is 10.6. The van der Waals surface area contributed by atoms with E-state index in [2.05, 4.69) is 104 Å². The molecule has 0 unspecified atom stereocenters. The molecule has 5 aromatic carbocycles. The molecule has 3 heterocycles. The van der Waals surface area contributed by atoms with E-state index in [9.17, 15) is 0 Å². The van der Waals surface area contributed by atoms with E-state index in [1.807, 2.05) is 36.5 Å². The van der Waals surface area contributed by atoms with Crippen molar-refractivity contribution in [3.63, 3.8) is 0 Å². The predicted molar refractivity (Wildman–Crippen MR) is 201 cm³/mol. The fourth-order valence-corrected chi connectivity index (χ4v) is 7.00. The van der Waals surface area contributed by atoms with E-state index < -0.39 is 5.92 Å². The molecule has 0 spiro atoms. The molecule has 0 aliphatic heterocycles.